The number of benzene rings is 3. The van der Waals surface area contributed by atoms with Gasteiger partial charge in [-0.05, 0) is 48.2 Å². The number of carbonyl (C=O) groups is 2. The van der Waals surface area contributed by atoms with Crippen LogP contribution >= 0.6 is 11.8 Å². The van der Waals surface area contributed by atoms with E-state index >= 15 is 0 Å². The van der Waals surface area contributed by atoms with Crippen LogP contribution in [0.2, 0.25) is 0 Å². The van der Waals surface area contributed by atoms with E-state index in [1.807, 2.05) is 36.4 Å². The molecule has 3 aromatic carbocycles. The SMILES string of the molecule is COc1ccc(CCNC(=O)/C(C#N)=C2\SC(Cc3ccc([N+](=O)[O-])cc3)C(=O)N2c2ccccc2)cc1. The molecule has 10 heteroatoms. The fourth-order valence-electron chi connectivity index (χ4n) is 3.97. The van der Waals surface area contributed by atoms with Crippen molar-refractivity contribution in [3.8, 4) is 11.8 Å². The summed E-state index contributed by atoms with van der Waals surface area (Å²) in [5.41, 5.74) is 2.09. The number of nitriles is 1. The van der Waals surface area contributed by atoms with Crippen molar-refractivity contribution in [1.29, 1.82) is 5.26 Å². The van der Waals surface area contributed by atoms with Crippen LogP contribution in [0, 0.1) is 21.4 Å². The van der Waals surface area contributed by atoms with Gasteiger partial charge >= 0.3 is 0 Å². The predicted octanol–water partition coefficient (Wildman–Crippen LogP) is 4.39. The number of nitro benzene ring substituents is 1. The van der Waals surface area contributed by atoms with Crippen molar-refractivity contribution < 1.29 is 19.2 Å². The lowest BCUT2D eigenvalue weighted by molar-refractivity contribution is -0.384. The topological polar surface area (TPSA) is 126 Å². The van der Waals surface area contributed by atoms with Crippen LogP contribution < -0.4 is 15.0 Å². The summed E-state index contributed by atoms with van der Waals surface area (Å²) in [5, 5.41) is 23.4. The van der Waals surface area contributed by atoms with E-state index in [2.05, 4.69) is 5.32 Å². The number of ether oxygens (including phenoxy) is 1. The molecular weight excluding hydrogens is 504 g/mol. The highest BCUT2D eigenvalue weighted by atomic mass is 32.2. The molecule has 0 radical (unpaired) electrons. The average Bonchev–Trinajstić information content (AvgIpc) is 3.25. The van der Waals surface area contributed by atoms with Crippen LogP contribution in [0.4, 0.5) is 11.4 Å². The number of nitro groups is 1. The molecule has 1 N–H and O–H groups in total. The third-order valence-corrected chi connectivity index (χ3v) is 7.21. The summed E-state index contributed by atoms with van der Waals surface area (Å²) in [6.07, 6.45) is 0.840. The Bertz CT molecular complexity index is 1400. The van der Waals surface area contributed by atoms with E-state index in [4.69, 9.17) is 4.74 Å². The second-order valence-corrected chi connectivity index (χ2v) is 9.58. The van der Waals surface area contributed by atoms with Crippen LogP contribution in [-0.4, -0.2) is 35.6 Å². The van der Waals surface area contributed by atoms with Crippen LogP contribution in [0.25, 0.3) is 0 Å². The number of methoxy groups -OCH3 is 1. The molecule has 1 heterocycles. The Morgan fingerprint density at radius 2 is 1.74 bits per heavy atom. The zero-order chi connectivity index (χ0) is 27.1. The highest BCUT2D eigenvalue weighted by Crippen LogP contribution is 2.41. The summed E-state index contributed by atoms with van der Waals surface area (Å²) in [5.74, 6) is -0.0944. The van der Waals surface area contributed by atoms with Crippen molar-refractivity contribution in [2.24, 2.45) is 0 Å². The van der Waals surface area contributed by atoms with E-state index in [1.165, 1.54) is 17.0 Å². The van der Waals surface area contributed by atoms with Gasteiger partial charge in [-0.15, -0.1) is 0 Å². The molecule has 0 bridgehead atoms. The lowest BCUT2D eigenvalue weighted by Gasteiger charge is -2.18. The van der Waals surface area contributed by atoms with Crippen molar-refractivity contribution >= 4 is 35.0 Å². The molecule has 1 aliphatic heterocycles. The molecule has 0 aliphatic carbocycles. The maximum absolute atomic E-state index is 13.5. The zero-order valence-corrected chi connectivity index (χ0v) is 21.3. The van der Waals surface area contributed by atoms with Gasteiger partial charge in [-0.3, -0.25) is 24.6 Å². The molecule has 1 unspecified atom stereocenters. The number of rotatable bonds is 9. The monoisotopic (exact) mass is 528 g/mol. The minimum Gasteiger partial charge on any atom is -0.497 e. The van der Waals surface area contributed by atoms with Gasteiger partial charge in [0.15, 0.2) is 0 Å². The molecular formula is C28H24N4O5S. The molecule has 192 valence electrons. The highest BCUT2D eigenvalue weighted by molar-refractivity contribution is 8.05. The second kappa shape index (κ2) is 12.1. The quantitative estimate of drug-likeness (QED) is 0.189. The van der Waals surface area contributed by atoms with E-state index in [0.29, 0.717) is 18.7 Å². The van der Waals surface area contributed by atoms with Gasteiger partial charge in [-0.2, -0.15) is 5.26 Å². The summed E-state index contributed by atoms with van der Waals surface area (Å²) in [6, 6.07) is 24.3. The van der Waals surface area contributed by atoms with Gasteiger partial charge < -0.3 is 10.1 Å². The number of carbonyl (C=O) groups excluding carboxylic acids is 2. The molecule has 0 spiro atoms. The van der Waals surface area contributed by atoms with E-state index in [0.717, 1.165) is 28.6 Å². The summed E-state index contributed by atoms with van der Waals surface area (Å²) >= 11 is 1.15. The van der Waals surface area contributed by atoms with Gasteiger partial charge in [0, 0.05) is 24.4 Å². The summed E-state index contributed by atoms with van der Waals surface area (Å²) in [6.45, 7) is 0.305. The van der Waals surface area contributed by atoms with Gasteiger partial charge in [-0.25, -0.2) is 0 Å². The molecule has 1 atom stereocenters. The highest BCUT2D eigenvalue weighted by Gasteiger charge is 2.40. The normalized spacial score (nSPS) is 16.1. The third kappa shape index (κ3) is 6.02. The molecule has 3 aromatic rings. The minimum absolute atomic E-state index is 0.0382. The Kier molecular flexibility index (Phi) is 8.40. The Hall–Kier alpha value is -4.62. The van der Waals surface area contributed by atoms with E-state index in [1.54, 1.807) is 43.5 Å². The fourth-order valence-corrected chi connectivity index (χ4v) is 5.28. The Morgan fingerprint density at radius 1 is 1.08 bits per heavy atom. The fraction of sp³-hybridized carbons (Fsp3) is 0.179. The van der Waals surface area contributed by atoms with Crippen LogP contribution in [0.15, 0.2) is 89.5 Å². The minimum atomic E-state index is -0.609. The molecule has 9 nitrogen and oxygen atoms in total. The number of hydrogen-bond donors (Lipinski definition) is 1. The standard InChI is InChI=1S/C28H24N4O5S/c1-37-23-13-9-19(10-14-23)15-16-30-26(33)24(18-29)28-31(21-5-3-2-4-6-21)27(34)25(38-28)17-20-7-11-22(12-8-20)32(35)36/h2-14,25H,15-17H2,1H3,(H,30,33)/b28-24-. The Morgan fingerprint density at radius 3 is 2.34 bits per heavy atom. The van der Waals surface area contributed by atoms with Gasteiger partial charge in [0.1, 0.15) is 22.4 Å². The largest absolute Gasteiger partial charge is 0.497 e. The second-order valence-electron chi connectivity index (χ2n) is 8.39. The number of nitrogens with one attached hydrogen (secondary N) is 1. The van der Waals surface area contributed by atoms with Crippen molar-refractivity contribution in [1.82, 2.24) is 5.32 Å². The first-order valence-corrected chi connectivity index (χ1v) is 12.6. The van der Waals surface area contributed by atoms with Crippen molar-refractivity contribution in [2.75, 3.05) is 18.6 Å². The smallest absolute Gasteiger partial charge is 0.269 e. The first-order valence-electron chi connectivity index (χ1n) is 11.8. The average molecular weight is 529 g/mol. The first kappa shape index (κ1) is 26.4. The van der Waals surface area contributed by atoms with Gasteiger partial charge in [-0.1, -0.05) is 54.2 Å². The van der Waals surface area contributed by atoms with Crippen molar-refractivity contribution in [3.63, 3.8) is 0 Å². The summed E-state index contributed by atoms with van der Waals surface area (Å²) < 4.78 is 5.16. The number of nitrogens with zero attached hydrogens (tertiary/aromatic N) is 3. The predicted molar refractivity (Wildman–Crippen MR) is 144 cm³/mol. The zero-order valence-electron chi connectivity index (χ0n) is 20.5. The van der Waals surface area contributed by atoms with Crippen molar-refractivity contribution in [2.45, 2.75) is 18.1 Å². The van der Waals surface area contributed by atoms with Crippen LogP contribution in [-0.2, 0) is 22.4 Å². The number of para-hydroxylation sites is 1. The van der Waals surface area contributed by atoms with Gasteiger partial charge in [0.25, 0.3) is 11.6 Å². The number of amides is 2. The van der Waals surface area contributed by atoms with Gasteiger partial charge in [0.05, 0.1) is 17.3 Å². The first-order chi connectivity index (χ1) is 18.4. The van der Waals surface area contributed by atoms with Gasteiger partial charge in [0.2, 0.25) is 5.91 Å². The Balaban J connectivity index is 1.55. The molecule has 2 amide bonds. The van der Waals surface area contributed by atoms with E-state index in [9.17, 15) is 25.0 Å². The summed E-state index contributed by atoms with van der Waals surface area (Å²) in [4.78, 5) is 38.5. The molecule has 1 fully saturated rings. The lowest BCUT2D eigenvalue weighted by Crippen LogP contribution is -2.32. The van der Waals surface area contributed by atoms with Crippen LogP contribution in [0.1, 0.15) is 11.1 Å². The van der Waals surface area contributed by atoms with E-state index < -0.39 is 16.1 Å². The lowest BCUT2D eigenvalue weighted by atomic mass is 10.1. The number of thioether (sulfide) groups is 1. The number of anilines is 1. The Labute approximate surface area is 223 Å². The molecule has 0 saturated carbocycles. The third-order valence-electron chi connectivity index (χ3n) is 5.95. The molecule has 1 saturated heterocycles. The van der Waals surface area contributed by atoms with Crippen LogP contribution in [0.3, 0.4) is 0 Å². The molecule has 0 aromatic heterocycles. The van der Waals surface area contributed by atoms with E-state index in [-0.39, 0.29) is 28.6 Å². The summed E-state index contributed by atoms with van der Waals surface area (Å²) in [7, 11) is 1.59. The number of hydrogen-bond acceptors (Lipinski definition) is 7. The van der Waals surface area contributed by atoms with Crippen LogP contribution in [0.5, 0.6) is 5.75 Å². The van der Waals surface area contributed by atoms with Crippen molar-refractivity contribution in [3.05, 3.63) is 111 Å². The molecule has 38 heavy (non-hydrogen) atoms. The number of non-ortho nitro benzene ring substituents is 1. The molecule has 1 aliphatic rings. The maximum Gasteiger partial charge on any atom is 0.269 e. The maximum atomic E-state index is 13.5. The molecule has 4 rings (SSSR count).